The summed E-state index contributed by atoms with van der Waals surface area (Å²) in [5.74, 6) is 0.632. The maximum Gasteiger partial charge on any atom is 0.294 e. The number of likely N-dealkylation sites (tertiary alicyclic amines) is 1. The molecular weight excluding hydrogens is 540 g/mol. The van der Waals surface area contributed by atoms with Gasteiger partial charge in [0.05, 0.1) is 9.38 Å². The van der Waals surface area contributed by atoms with E-state index in [9.17, 15) is 14.4 Å². The van der Waals surface area contributed by atoms with Crippen molar-refractivity contribution < 1.29 is 19.1 Å². The number of benzene rings is 2. The lowest BCUT2D eigenvalue weighted by atomic mass is 9.99. The van der Waals surface area contributed by atoms with Gasteiger partial charge in [-0.25, -0.2) is 0 Å². The summed E-state index contributed by atoms with van der Waals surface area (Å²) in [5, 5.41) is 0.251. The van der Waals surface area contributed by atoms with Crippen LogP contribution in [0.25, 0.3) is 6.08 Å². The summed E-state index contributed by atoms with van der Waals surface area (Å²) in [6.45, 7) is 3.69. The zero-order valence-corrected chi connectivity index (χ0v) is 21.8. The molecule has 6 nitrogen and oxygen atoms in total. The Morgan fingerprint density at radius 1 is 1.18 bits per heavy atom. The third-order valence-electron chi connectivity index (χ3n) is 5.86. The molecule has 0 spiro atoms. The maximum absolute atomic E-state index is 12.8. The lowest BCUT2D eigenvalue weighted by Gasteiger charge is -2.31. The van der Waals surface area contributed by atoms with Crippen LogP contribution in [0.15, 0.2) is 51.8 Å². The van der Waals surface area contributed by atoms with E-state index in [2.05, 4.69) is 22.9 Å². The number of imide groups is 1. The second-order valence-electron chi connectivity index (χ2n) is 8.44. The molecular formula is C25H24BrClN2O4S. The van der Waals surface area contributed by atoms with Gasteiger partial charge in [-0.15, -0.1) is 0 Å². The van der Waals surface area contributed by atoms with E-state index in [1.165, 1.54) is 0 Å². The summed E-state index contributed by atoms with van der Waals surface area (Å²) in [5.41, 5.74) is 1.73. The number of carbonyl (C=O) groups excluding carboxylic acids is 3. The van der Waals surface area contributed by atoms with Gasteiger partial charge in [0.2, 0.25) is 5.91 Å². The summed E-state index contributed by atoms with van der Waals surface area (Å²) < 4.78 is 6.59. The average Bonchev–Trinajstić information content (AvgIpc) is 3.07. The minimum Gasteiger partial charge on any atom is -0.488 e. The van der Waals surface area contributed by atoms with E-state index in [-0.39, 0.29) is 12.5 Å². The van der Waals surface area contributed by atoms with Crippen LogP contribution in [0, 0.1) is 5.92 Å². The molecule has 2 aromatic rings. The number of hydrogen-bond acceptors (Lipinski definition) is 5. The molecule has 2 fully saturated rings. The number of piperidine rings is 1. The van der Waals surface area contributed by atoms with Gasteiger partial charge in [-0.05, 0) is 87.9 Å². The first-order chi connectivity index (χ1) is 16.3. The van der Waals surface area contributed by atoms with Crippen LogP contribution in [-0.2, 0) is 16.2 Å². The smallest absolute Gasteiger partial charge is 0.294 e. The van der Waals surface area contributed by atoms with Crippen molar-refractivity contribution in [1.29, 1.82) is 0 Å². The standard InChI is InChI=1S/C25H24BrClN2O4S/c1-16-8-10-28(11-9-16)23(30)14-29-24(31)22(34-25(29)32)13-18-4-7-21(20(26)12-18)33-15-17-2-5-19(27)6-3-17/h2-7,12-13,16H,8-11,14-15H2,1H3/b22-13+. The first-order valence-corrected chi connectivity index (χ1v) is 13.0. The van der Waals surface area contributed by atoms with Gasteiger partial charge in [-0.2, -0.15) is 0 Å². The van der Waals surface area contributed by atoms with Gasteiger partial charge < -0.3 is 9.64 Å². The van der Waals surface area contributed by atoms with Crippen molar-refractivity contribution in [2.45, 2.75) is 26.4 Å². The minimum absolute atomic E-state index is 0.180. The second kappa shape index (κ2) is 11.0. The predicted molar refractivity (Wildman–Crippen MR) is 138 cm³/mol. The Morgan fingerprint density at radius 3 is 2.56 bits per heavy atom. The Kier molecular flexibility index (Phi) is 8.01. The van der Waals surface area contributed by atoms with Gasteiger partial charge in [0, 0.05) is 18.1 Å². The number of hydrogen-bond donors (Lipinski definition) is 0. The van der Waals surface area contributed by atoms with Crippen LogP contribution in [0.3, 0.4) is 0 Å². The topological polar surface area (TPSA) is 66.9 Å². The molecule has 0 aromatic heterocycles. The molecule has 2 aliphatic heterocycles. The largest absolute Gasteiger partial charge is 0.488 e. The molecule has 9 heteroatoms. The van der Waals surface area contributed by atoms with Crippen LogP contribution in [0.5, 0.6) is 5.75 Å². The van der Waals surface area contributed by atoms with Gasteiger partial charge in [0.15, 0.2) is 0 Å². The molecule has 2 aliphatic rings. The quantitative estimate of drug-likeness (QED) is 0.405. The zero-order valence-electron chi connectivity index (χ0n) is 18.6. The average molecular weight is 564 g/mol. The zero-order chi connectivity index (χ0) is 24.2. The number of ether oxygens (including phenoxy) is 1. The minimum atomic E-state index is -0.437. The molecule has 2 saturated heterocycles. The first kappa shape index (κ1) is 24.8. The third-order valence-corrected chi connectivity index (χ3v) is 7.64. The third kappa shape index (κ3) is 6.03. The Bertz CT molecular complexity index is 1130. The van der Waals surface area contributed by atoms with Gasteiger partial charge in [0.1, 0.15) is 18.9 Å². The van der Waals surface area contributed by atoms with E-state index in [1.807, 2.05) is 36.4 Å². The van der Waals surface area contributed by atoms with Gasteiger partial charge >= 0.3 is 0 Å². The summed E-state index contributed by atoms with van der Waals surface area (Å²) in [4.78, 5) is 40.9. The van der Waals surface area contributed by atoms with Crippen LogP contribution in [0.1, 0.15) is 30.9 Å². The number of thioether (sulfide) groups is 1. The number of nitrogens with zero attached hydrogens (tertiary/aromatic N) is 2. The molecule has 0 unspecified atom stereocenters. The van der Waals surface area contributed by atoms with Crippen molar-refractivity contribution in [3.63, 3.8) is 0 Å². The SMILES string of the molecule is CC1CCN(C(=O)CN2C(=O)S/C(=C/c3ccc(OCc4ccc(Cl)cc4)c(Br)c3)C2=O)CC1. The molecule has 0 N–H and O–H groups in total. The van der Waals surface area contributed by atoms with Crippen LogP contribution in [0.4, 0.5) is 4.79 Å². The van der Waals surface area contributed by atoms with Crippen molar-refractivity contribution in [3.05, 3.63) is 68.0 Å². The van der Waals surface area contributed by atoms with E-state index < -0.39 is 11.1 Å². The molecule has 0 bridgehead atoms. The fourth-order valence-electron chi connectivity index (χ4n) is 3.75. The summed E-state index contributed by atoms with van der Waals surface area (Å²) in [6, 6.07) is 12.9. The van der Waals surface area contributed by atoms with E-state index in [0.29, 0.717) is 41.3 Å². The highest BCUT2D eigenvalue weighted by atomic mass is 79.9. The molecule has 0 atom stereocenters. The molecule has 178 valence electrons. The molecule has 0 saturated carbocycles. The van der Waals surface area contributed by atoms with Crippen molar-refractivity contribution in [3.8, 4) is 5.75 Å². The summed E-state index contributed by atoms with van der Waals surface area (Å²) >= 11 is 10.3. The Balaban J connectivity index is 1.38. The maximum atomic E-state index is 12.8. The van der Waals surface area contributed by atoms with Crippen molar-refractivity contribution in [1.82, 2.24) is 9.80 Å². The highest BCUT2D eigenvalue weighted by Crippen LogP contribution is 2.34. The fourth-order valence-corrected chi connectivity index (χ4v) is 5.22. The predicted octanol–water partition coefficient (Wildman–Crippen LogP) is 5.98. The summed E-state index contributed by atoms with van der Waals surface area (Å²) in [7, 11) is 0. The first-order valence-electron chi connectivity index (χ1n) is 11.0. The summed E-state index contributed by atoms with van der Waals surface area (Å²) in [6.07, 6.45) is 3.55. The highest BCUT2D eigenvalue weighted by Gasteiger charge is 2.37. The van der Waals surface area contributed by atoms with E-state index in [4.69, 9.17) is 16.3 Å². The van der Waals surface area contributed by atoms with Crippen LogP contribution in [0.2, 0.25) is 5.02 Å². The number of halogens is 2. The van der Waals surface area contributed by atoms with Crippen molar-refractivity contribution >= 4 is 62.4 Å². The number of rotatable bonds is 6. The van der Waals surface area contributed by atoms with Crippen LogP contribution in [-0.4, -0.2) is 46.5 Å². The van der Waals surface area contributed by atoms with Crippen LogP contribution < -0.4 is 4.74 Å². The normalized spacial score (nSPS) is 18.1. The molecule has 2 heterocycles. The second-order valence-corrected chi connectivity index (χ2v) is 10.7. The van der Waals surface area contributed by atoms with Crippen molar-refractivity contribution in [2.24, 2.45) is 5.92 Å². The molecule has 4 rings (SSSR count). The van der Waals surface area contributed by atoms with E-state index >= 15 is 0 Å². The molecule has 3 amide bonds. The fraction of sp³-hybridized carbons (Fsp3) is 0.320. The molecule has 34 heavy (non-hydrogen) atoms. The van der Waals surface area contributed by atoms with Gasteiger partial charge in [0.25, 0.3) is 11.1 Å². The highest BCUT2D eigenvalue weighted by molar-refractivity contribution is 9.10. The van der Waals surface area contributed by atoms with Gasteiger partial charge in [-0.3, -0.25) is 19.3 Å². The Hall–Kier alpha value is -2.29. The molecule has 2 aromatic carbocycles. The lowest BCUT2D eigenvalue weighted by molar-refractivity contribution is -0.136. The molecule has 0 aliphatic carbocycles. The number of amides is 3. The van der Waals surface area contributed by atoms with Crippen LogP contribution >= 0.6 is 39.3 Å². The van der Waals surface area contributed by atoms with Crippen molar-refractivity contribution in [2.75, 3.05) is 19.6 Å². The van der Waals surface area contributed by atoms with Gasteiger partial charge in [-0.1, -0.05) is 36.7 Å². The number of carbonyl (C=O) groups is 3. The Morgan fingerprint density at radius 2 is 1.88 bits per heavy atom. The molecule has 0 radical (unpaired) electrons. The lowest BCUT2D eigenvalue weighted by Crippen LogP contribution is -2.45. The van der Waals surface area contributed by atoms with E-state index in [1.54, 1.807) is 17.0 Å². The van der Waals surface area contributed by atoms with E-state index in [0.717, 1.165) is 45.1 Å². The Labute approximate surface area is 216 Å². The monoisotopic (exact) mass is 562 g/mol.